The van der Waals surface area contributed by atoms with E-state index >= 15 is 0 Å². The summed E-state index contributed by atoms with van der Waals surface area (Å²) in [5.41, 5.74) is 8.61. The number of esters is 1. The van der Waals surface area contributed by atoms with Crippen molar-refractivity contribution < 1.29 is 23.8 Å². The second-order valence-electron chi connectivity index (χ2n) is 8.41. The van der Waals surface area contributed by atoms with Crippen LogP contribution < -0.4 is 10.5 Å². The molecular formula is C28H25NO5. The average Bonchev–Trinajstić information content (AvgIpc) is 2.86. The van der Waals surface area contributed by atoms with Crippen LogP contribution in [0.4, 0.5) is 0 Å². The number of carbonyl (C=O) groups excluding carboxylic acids is 2. The van der Waals surface area contributed by atoms with Crippen LogP contribution in [0.1, 0.15) is 36.3 Å². The highest BCUT2D eigenvalue weighted by atomic mass is 16.5. The summed E-state index contributed by atoms with van der Waals surface area (Å²) in [7, 11) is 1.29. The van der Waals surface area contributed by atoms with Gasteiger partial charge >= 0.3 is 5.97 Å². The van der Waals surface area contributed by atoms with E-state index in [1.807, 2.05) is 42.5 Å². The van der Waals surface area contributed by atoms with E-state index in [1.165, 1.54) is 12.5 Å². The Hall–Kier alpha value is -4.06. The number of rotatable bonds is 5. The van der Waals surface area contributed by atoms with Crippen molar-refractivity contribution in [3.63, 3.8) is 0 Å². The van der Waals surface area contributed by atoms with Gasteiger partial charge in [-0.05, 0) is 40.5 Å². The lowest BCUT2D eigenvalue weighted by Gasteiger charge is -2.32. The Balaban J connectivity index is 1.43. The number of benzene rings is 3. The standard InChI is InChI=1S/C28H25NO5/c1-32-28(31)26-24(25-22(30)10-5-11-23(25)34-27(26)29)18-12-14-20(15-13-18)33-16-19-8-4-7-17-6-2-3-9-21(17)19/h2-4,6-9,12-15,24H,5,10-11,16,29H2,1H3/t24-/m1/s1. The second-order valence-corrected chi connectivity index (χ2v) is 8.41. The molecule has 3 aromatic carbocycles. The Morgan fingerprint density at radius 3 is 2.59 bits per heavy atom. The largest absolute Gasteiger partial charge is 0.489 e. The minimum atomic E-state index is -0.629. The van der Waals surface area contributed by atoms with Crippen molar-refractivity contribution in [1.82, 2.24) is 0 Å². The summed E-state index contributed by atoms with van der Waals surface area (Å²) in [6, 6.07) is 21.7. The maximum Gasteiger partial charge on any atom is 0.340 e. The zero-order valence-corrected chi connectivity index (χ0v) is 18.9. The van der Waals surface area contributed by atoms with E-state index < -0.39 is 11.9 Å². The van der Waals surface area contributed by atoms with Crippen molar-refractivity contribution in [2.24, 2.45) is 5.73 Å². The Bertz CT molecular complexity index is 1330. The summed E-state index contributed by atoms with van der Waals surface area (Å²) in [6.07, 6.45) is 1.73. The summed E-state index contributed by atoms with van der Waals surface area (Å²) in [5.74, 6) is -0.0509. The SMILES string of the molecule is COC(=O)C1=C(N)OC2=C(C(=O)CCC2)[C@H]1c1ccc(OCc2cccc3ccccc23)cc1. The normalized spacial score (nSPS) is 17.9. The van der Waals surface area contributed by atoms with Gasteiger partial charge in [0.2, 0.25) is 5.88 Å². The lowest BCUT2D eigenvalue weighted by Crippen LogP contribution is -2.31. The number of hydrogen-bond donors (Lipinski definition) is 1. The van der Waals surface area contributed by atoms with Crippen LogP contribution in [0.3, 0.4) is 0 Å². The second kappa shape index (κ2) is 9.06. The first-order chi connectivity index (χ1) is 16.6. The fourth-order valence-electron chi connectivity index (χ4n) is 4.73. The van der Waals surface area contributed by atoms with Gasteiger partial charge < -0.3 is 19.9 Å². The van der Waals surface area contributed by atoms with Crippen LogP contribution in [-0.4, -0.2) is 18.9 Å². The predicted octanol–water partition coefficient (Wildman–Crippen LogP) is 4.88. The molecule has 1 heterocycles. The highest BCUT2D eigenvalue weighted by Crippen LogP contribution is 2.44. The van der Waals surface area contributed by atoms with E-state index in [2.05, 4.69) is 24.3 Å². The number of carbonyl (C=O) groups is 2. The molecule has 0 radical (unpaired) electrons. The van der Waals surface area contributed by atoms with Gasteiger partial charge in [0.25, 0.3) is 0 Å². The van der Waals surface area contributed by atoms with E-state index in [0.29, 0.717) is 43.0 Å². The van der Waals surface area contributed by atoms with Gasteiger partial charge in [-0.15, -0.1) is 0 Å². The van der Waals surface area contributed by atoms with Crippen molar-refractivity contribution in [1.29, 1.82) is 0 Å². The van der Waals surface area contributed by atoms with Gasteiger partial charge in [0, 0.05) is 18.4 Å². The van der Waals surface area contributed by atoms with Crippen molar-refractivity contribution in [2.45, 2.75) is 31.8 Å². The molecule has 1 aliphatic heterocycles. The minimum absolute atomic E-state index is 0.0124. The molecule has 3 aromatic rings. The molecule has 172 valence electrons. The highest BCUT2D eigenvalue weighted by molar-refractivity contribution is 6.03. The zero-order chi connectivity index (χ0) is 23.7. The van der Waals surface area contributed by atoms with E-state index in [9.17, 15) is 9.59 Å². The molecular weight excluding hydrogens is 430 g/mol. The molecule has 1 atom stereocenters. The third kappa shape index (κ3) is 3.92. The molecule has 0 bridgehead atoms. The Labute approximate surface area is 197 Å². The Morgan fingerprint density at radius 1 is 1.03 bits per heavy atom. The average molecular weight is 456 g/mol. The van der Waals surface area contributed by atoms with Gasteiger partial charge in [-0.2, -0.15) is 0 Å². The molecule has 1 aliphatic carbocycles. The number of Topliss-reactive ketones (excluding diaryl/α,β-unsaturated/α-hetero) is 1. The fourth-order valence-corrected chi connectivity index (χ4v) is 4.73. The molecule has 0 saturated heterocycles. The summed E-state index contributed by atoms with van der Waals surface area (Å²) < 4.78 is 16.7. The van der Waals surface area contributed by atoms with Crippen LogP contribution in [0.15, 0.2) is 89.5 Å². The maximum absolute atomic E-state index is 12.8. The molecule has 2 aliphatic rings. The number of nitrogens with two attached hydrogens (primary N) is 1. The van der Waals surface area contributed by atoms with Crippen LogP contribution in [0.5, 0.6) is 5.75 Å². The van der Waals surface area contributed by atoms with E-state index in [1.54, 1.807) is 0 Å². The zero-order valence-electron chi connectivity index (χ0n) is 18.9. The van der Waals surface area contributed by atoms with E-state index in [4.69, 9.17) is 19.9 Å². The molecule has 34 heavy (non-hydrogen) atoms. The number of allylic oxidation sites excluding steroid dienone is 2. The number of hydrogen-bond acceptors (Lipinski definition) is 6. The topological polar surface area (TPSA) is 87.9 Å². The van der Waals surface area contributed by atoms with Gasteiger partial charge in [0.05, 0.1) is 13.0 Å². The van der Waals surface area contributed by atoms with Crippen LogP contribution in [-0.2, 0) is 25.7 Å². The third-order valence-electron chi connectivity index (χ3n) is 6.38. The fraction of sp³-hybridized carbons (Fsp3) is 0.214. The van der Waals surface area contributed by atoms with E-state index in [-0.39, 0.29) is 17.2 Å². The van der Waals surface area contributed by atoms with Gasteiger partial charge in [-0.1, -0.05) is 54.6 Å². The summed E-state index contributed by atoms with van der Waals surface area (Å²) >= 11 is 0. The summed E-state index contributed by atoms with van der Waals surface area (Å²) in [5, 5.41) is 2.32. The number of ketones is 1. The summed E-state index contributed by atoms with van der Waals surface area (Å²) in [4.78, 5) is 25.4. The van der Waals surface area contributed by atoms with Crippen LogP contribution in [0.25, 0.3) is 10.8 Å². The highest BCUT2D eigenvalue weighted by Gasteiger charge is 2.41. The van der Waals surface area contributed by atoms with Gasteiger partial charge in [0.1, 0.15) is 23.7 Å². The first kappa shape index (κ1) is 21.8. The monoisotopic (exact) mass is 455 g/mol. The van der Waals surface area contributed by atoms with Gasteiger partial charge in [0.15, 0.2) is 5.78 Å². The van der Waals surface area contributed by atoms with Crippen LogP contribution >= 0.6 is 0 Å². The Kier molecular flexibility index (Phi) is 5.80. The van der Waals surface area contributed by atoms with Crippen LogP contribution in [0, 0.1) is 0 Å². The van der Waals surface area contributed by atoms with Crippen molar-refractivity contribution >= 4 is 22.5 Å². The molecule has 0 fully saturated rings. The molecule has 0 spiro atoms. The molecule has 6 heteroatoms. The number of methoxy groups -OCH3 is 1. The third-order valence-corrected chi connectivity index (χ3v) is 6.38. The molecule has 2 N–H and O–H groups in total. The lowest BCUT2D eigenvalue weighted by atomic mass is 9.77. The molecule has 6 nitrogen and oxygen atoms in total. The molecule has 0 saturated carbocycles. The summed E-state index contributed by atoms with van der Waals surface area (Å²) in [6.45, 7) is 0.423. The molecule has 0 aromatic heterocycles. The minimum Gasteiger partial charge on any atom is -0.489 e. The number of ether oxygens (including phenoxy) is 3. The van der Waals surface area contributed by atoms with Crippen molar-refractivity contribution in [3.8, 4) is 5.75 Å². The smallest absolute Gasteiger partial charge is 0.340 e. The van der Waals surface area contributed by atoms with Crippen molar-refractivity contribution in [3.05, 3.63) is 101 Å². The van der Waals surface area contributed by atoms with Crippen molar-refractivity contribution in [2.75, 3.05) is 7.11 Å². The molecule has 5 rings (SSSR count). The van der Waals surface area contributed by atoms with Gasteiger partial charge in [-0.3, -0.25) is 4.79 Å². The van der Waals surface area contributed by atoms with E-state index in [0.717, 1.165) is 16.5 Å². The Morgan fingerprint density at radius 2 is 1.79 bits per heavy atom. The lowest BCUT2D eigenvalue weighted by molar-refractivity contribution is -0.136. The molecule has 0 amide bonds. The molecule has 0 unspecified atom stereocenters. The maximum atomic E-state index is 12.8. The number of fused-ring (bicyclic) bond motifs is 1. The van der Waals surface area contributed by atoms with Gasteiger partial charge in [-0.25, -0.2) is 4.79 Å². The quantitative estimate of drug-likeness (QED) is 0.552. The first-order valence-corrected chi connectivity index (χ1v) is 11.3. The first-order valence-electron chi connectivity index (χ1n) is 11.3. The van der Waals surface area contributed by atoms with Crippen LogP contribution in [0.2, 0.25) is 0 Å². The predicted molar refractivity (Wildman–Crippen MR) is 128 cm³/mol.